The van der Waals surface area contributed by atoms with E-state index in [9.17, 15) is 10.1 Å². The van der Waals surface area contributed by atoms with E-state index in [1.54, 1.807) is 0 Å². The van der Waals surface area contributed by atoms with Gasteiger partial charge >= 0.3 is 5.69 Å². The molecule has 1 aromatic rings. The summed E-state index contributed by atoms with van der Waals surface area (Å²) in [5.41, 5.74) is 0.389. The molecular weight excluding hydrogens is 294 g/mol. The molecule has 0 bridgehead atoms. The molecule has 1 rings (SSSR count). The third-order valence-electron chi connectivity index (χ3n) is 2.23. The maximum atomic E-state index is 10.9. The minimum Gasteiger partial charge on any atom is -0.493 e. The van der Waals surface area contributed by atoms with Crippen LogP contribution < -0.4 is 14.2 Å². The van der Waals surface area contributed by atoms with Crippen LogP contribution in [-0.2, 0) is 5.33 Å². The number of halogens is 1. The fourth-order valence-electron chi connectivity index (χ4n) is 1.52. The average molecular weight is 306 g/mol. The number of benzene rings is 1. The first-order valence-corrected chi connectivity index (χ1v) is 5.75. The third kappa shape index (κ3) is 2.44. The maximum Gasteiger partial charge on any atom is 0.315 e. The molecule has 0 saturated heterocycles. The van der Waals surface area contributed by atoms with Crippen LogP contribution in [0.2, 0.25) is 0 Å². The number of rotatable bonds is 5. The van der Waals surface area contributed by atoms with Crippen molar-refractivity contribution in [2.75, 3.05) is 21.3 Å². The van der Waals surface area contributed by atoms with Crippen LogP contribution in [0.1, 0.15) is 5.56 Å². The van der Waals surface area contributed by atoms with Crippen molar-refractivity contribution in [3.8, 4) is 17.2 Å². The Labute approximate surface area is 107 Å². The molecule has 17 heavy (non-hydrogen) atoms. The van der Waals surface area contributed by atoms with Crippen molar-refractivity contribution < 1.29 is 19.1 Å². The van der Waals surface area contributed by atoms with Gasteiger partial charge in [0, 0.05) is 5.33 Å². The number of methoxy groups -OCH3 is 3. The molecule has 0 saturated carbocycles. The molecule has 0 aliphatic rings. The molecule has 0 N–H and O–H groups in total. The van der Waals surface area contributed by atoms with Crippen molar-refractivity contribution in [3.05, 3.63) is 21.7 Å². The number of hydrogen-bond acceptors (Lipinski definition) is 5. The number of hydrogen-bond donors (Lipinski definition) is 0. The summed E-state index contributed by atoms with van der Waals surface area (Å²) in [7, 11) is 4.27. The van der Waals surface area contributed by atoms with Gasteiger partial charge in [0.05, 0.1) is 37.9 Å². The molecule has 0 aliphatic carbocycles. The quantitative estimate of drug-likeness (QED) is 0.475. The minimum atomic E-state index is -0.521. The highest BCUT2D eigenvalue weighted by Crippen LogP contribution is 2.44. The molecule has 7 heteroatoms. The molecule has 0 amide bonds. The Morgan fingerprint density at radius 1 is 1.24 bits per heavy atom. The highest BCUT2D eigenvalue weighted by atomic mass is 79.9. The first kappa shape index (κ1) is 13.6. The van der Waals surface area contributed by atoms with Gasteiger partial charge in [0.25, 0.3) is 0 Å². The van der Waals surface area contributed by atoms with Crippen LogP contribution in [0.5, 0.6) is 17.2 Å². The largest absolute Gasteiger partial charge is 0.493 e. The summed E-state index contributed by atoms with van der Waals surface area (Å²) in [5, 5.41) is 11.3. The predicted octanol–water partition coefficient (Wildman–Crippen LogP) is 2.52. The van der Waals surface area contributed by atoms with Crippen LogP contribution in [0.3, 0.4) is 0 Å². The van der Waals surface area contributed by atoms with Gasteiger partial charge in [-0.1, -0.05) is 15.9 Å². The zero-order valence-corrected chi connectivity index (χ0v) is 11.2. The Hall–Kier alpha value is -1.50. The Kier molecular flexibility index (Phi) is 4.56. The molecule has 0 aliphatic heterocycles. The Morgan fingerprint density at radius 2 is 1.82 bits per heavy atom. The van der Waals surface area contributed by atoms with Crippen LogP contribution in [0.4, 0.5) is 5.69 Å². The molecule has 0 unspecified atom stereocenters. The molecule has 0 atom stereocenters. The molecule has 0 fully saturated rings. The summed E-state index contributed by atoms with van der Waals surface area (Å²) in [6, 6.07) is 1.28. The molecule has 94 valence electrons. The van der Waals surface area contributed by atoms with Gasteiger partial charge in [0.2, 0.25) is 5.75 Å². The lowest BCUT2D eigenvalue weighted by Crippen LogP contribution is -2.02. The second kappa shape index (κ2) is 5.72. The summed E-state index contributed by atoms with van der Waals surface area (Å²) in [6.45, 7) is 0. The zero-order valence-electron chi connectivity index (χ0n) is 9.65. The van der Waals surface area contributed by atoms with Crippen molar-refractivity contribution >= 4 is 21.6 Å². The zero-order chi connectivity index (χ0) is 13.0. The van der Waals surface area contributed by atoms with Crippen LogP contribution in [0.15, 0.2) is 6.07 Å². The monoisotopic (exact) mass is 305 g/mol. The number of nitro groups is 1. The van der Waals surface area contributed by atoms with Crippen LogP contribution in [0.25, 0.3) is 0 Å². The Bertz CT molecular complexity index is 435. The van der Waals surface area contributed by atoms with E-state index < -0.39 is 4.92 Å². The van der Waals surface area contributed by atoms with E-state index in [-0.39, 0.29) is 11.4 Å². The summed E-state index contributed by atoms with van der Waals surface area (Å²) in [5.74, 6) is 0.894. The van der Waals surface area contributed by atoms with Crippen LogP contribution >= 0.6 is 15.9 Å². The summed E-state index contributed by atoms with van der Waals surface area (Å²) in [4.78, 5) is 10.4. The normalized spacial score (nSPS) is 9.88. The highest BCUT2D eigenvalue weighted by molar-refractivity contribution is 9.08. The second-order valence-corrected chi connectivity index (χ2v) is 3.59. The van der Waals surface area contributed by atoms with Gasteiger partial charge in [-0.15, -0.1) is 0 Å². The van der Waals surface area contributed by atoms with Crippen molar-refractivity contribution in [3.63, 3.8) is 0 Å². The van der Waals surface area contributed by atoms with E-state index in [4.69, 9.17) is 14.2 Å². The van der Waals surface area contributed by atoms with E-state index in [2.05, 4.69) is 15.9 Å². The van der Waals surface area contributed by atoms with Crippen LogP contribution in [0, 0.1) is 10.1 Å². The molecule has 0 aromatic heterocycles. The molecular formula is C10H12BrNO5. The molecule has 0 radical (unpaired) electrons. The highest BCUT2D eigenvalue weighted by Gasteiger charge is 2.26. The number of nitro benzene ring substituents is 1. The van der Waals surface area contributed by atoms with Crippen molar-refractivity contribution in [2.24, 2.45) is 0 Å². The van der Waals surface area contributed by atoms with Gasteiger partial charge in [-0.3, -0.25) is 10.1 Å². The summed E-state index contributed by atoms with van der Waals surface area (Å²) < 4.78 is 15.3. The lowest BCUT2D eigenvalue weighted by molar-refractivity contribution is -0.385. The molecule has 1 aromatic carbocycles. The number of alkyl halides is 1. The van der Waals surface area contributed by atoms with E-state index in [0.29, 0.717) is 22.4 Å². The Morgan fingerprint density at radius 3 is 2.18 bits per heavy atom. The first-order chi connectivity index (χ1) is 8.10. The topological polar surface area (TPSA) is 70.8 Å². The SMILES string of the molecule is COc1cc([N+](=O)[O-])c(OC)c(CBr)c1OC. The number of ether oxygens (including phenoxy) is 3. The lowest BCUT2D eigenvalue weighted by atomic mass is 10.1. The predicted molar refractivity (Wildman–Crippen MR) is 65.4 cm³/mol. The molecule has 0 spiro atoms. The van der Waals surface area contributed by atoms with E-state index in [1.807, 2.05) is 0 Å². The minimum absolute atomic E-state index is 0.153. The van der Waals surface area contributed by atoms with Crippen molar-refractivity contribution in [1.29, 1.82) is 0 Å². The fourth-order valence-corrected chi connectivity index (χ4v) is 2.03. The van der Waals surface area contributed by atoms with Crippen molar-refractivity contribution in [1.82, 2.24) is 0 Å². The number of nitrogens with zero attached hydrogens (tertiary/aromatic N) is 1. The first-order valence-electron chi connectivity index (χ1n) is 4.62. The van der Waals surface area contributed by atoms with Gasteiger partial charge in [-0.05, 0) is 0 Å². The van der Waals surface area contributed by atoms with Gasteiger partial charge in [-0.2, -0.15) is 0 Å². The molecule has 6 nitrogen and oxygen atoms in total. The van der Waals surface area contributed by atoms with Crippen LogP contribution in [-0.4, -0.2) is 26.3 Å². The summed E-state index contributed by atoms with van der Waals surface area (Å²) in [6.07, 6.45) is 0. The second-order valence-electron chi connectivity index (χ2n) is 3.03. The van der Waals surface area contributed by atoms with Gasteiger partial charge in [0.15, 0.2) is 11.5 Å². The lowest BCUT2D eigenvalue weighted by Gasteiger charge is -2.14. The van der Waals surface area contributed by atoms with Gasteiger partial charge in [-0.25, -0.2) is 0 Å². The Balaban J connectivity index is 3.60. The third-order valence-corrected chi connectivity index (χ3v) is 2.79. The maximum absolute atomic E-state index is 10.9. The standard InChI is InChI=1S/C10H12BrNO5/c1-15-8-4-7(12(13)14)9(16-2)6(5-11)10(8)17-3/h4H,5H2,1-3H3. The fraction of sp³-hybridized carbons (Fsp3) is 0.400. The average Bonchev–Trinajstić information content (AvgIpc) is 2.35. The van der Waals surface area contributed by atoms with Gasteiger partial charge in [0.1, 0.15) is 0 Å². The van der Waals surface area contributed by atoms with E-state index in [1.165, 1.54) is 27.4 Å². The smallest absolute Gasteiger partial charge is 0.315 e. The van der Waals surface area contributed by atoms with E-state index >= 15 is 0 Å². The van der Waals surface area contributed by atoms with Crippen molar-refractivity contribution in [2.45, 2.75) is 5.33 Å². The van der Waals surface area contributed by atoms with Gasteiger partial charge < -0.3 is 14.2 Å². The molecule has 0 heterocycles. The summed E-state index contributed by atoms with van der Waals surface area (Å²) >= 11 is 3.25. The van der Waals surface area contributed by atoms with E-state index in [0.717, 1.165) is 0 Å².